The lowest BCUT2D eigenvalue weighted by Crippen LogP contribution is -2.44. The Morgan fingerprint density at radius 2 is 1.69 bits per heavy atom. The van der Waals surface area contributed by atoms with Gasteiger partial charge < -0.3 is 4.90 Å². The van der Waals surface area contributed by atoms with E-state index in [0.29, 0.717) is 11.3 Å². The minimum atomic E-state index is -0.604. The summed E-state index contributed by atoms with van der Waals surface area (Å²) in [4.78, 5) is 50.3. The van der Waals surface area contributed by atoms with Gasteiger partial charge in [-0.2, -0.15) is 0 Å². The van der Waals surface area contributed by atoms with Gasteiger partial charge in [0.2, 0.25) is 5.78 Å². The lowest BCUT2D eigenvalue weighted by Gasteiger charge is -2.25. The monoisotopic (exact) mass is 390 g/mol. The Balaban J connectivity index is 2.06. The average molecular weight is 390 g/mol. The average Bonchev–Trinajstić information content (AvgIpc) is 3.07. The maximum atomic E-state index is 13.0. The number of aromatic amines is 2. The first kappa shape index (κ1) is 18.1. The van der Waals surface area contributed by atoms with E-state index in [-0.39, 0.29) is 27.4 Å². The Morgan fingerprint density at radius 3 is 2.45 bits per heavy atom. The molecule has 1 aromatic heterocycles. The molecule has 4 rings (SSSR count). The highest BCUT2D eigenvalue weighted by Gasteiger charge is 2.33. The van der Waals surface area contributed by atoms with E-state index < -0.39 is 22.2 Å². The molecule has 0 saturated heterocycles. The Labute approximate surface area is 162 Å². The number of H-pyrrole nitrogens is 2. The third-order valence-corrected chi connectivity index (χ3v) is 4.75. The number of carbonyl (C=O) groups excluding carboxylic acids is 2. The van der Waals surface area contributed by atoms with E-state index in [1.54, 1.807) is 30.3 Å². The molecule has 9 nitrogen and oxygen atoms in total. The van der Waals surface area contributed by atoms with Gasteiger partial charge in [0.15, 0.2) is 0 Å². The molecule has 144 valence electrons. The third-order valence-electron chi connectivity index (χ3n) is 4.75. The summed E-state index contributed by atoms with van der Waals surface area (Å²) in [5.41, 5.74) is -0.0551. The second-order valence-corrected chi connectivity index (χ2v) is 6.41. The van der Waals surface area contributed by atoms with Gasteiger partial charge in [0.05, 0.1) is 26.7 Å². The van der Waals surface area contributed by atoms with Crippen LogP contribution in [-0.4, -0.2) is 33.9 Å². The molecule has 1 aliphatic heterocycles. The molecule has 0 fully saturated rings. The van der Waals surface area contributed by atoms with Gasteiger partial charge in [-0.1, -0.05) is 24.3 Å². The Kier molecular flexibility index (Phi) is 4.19. The SMILES string of the molecule is CN1C(=O)/C(=c2\[nH][nH]c(=O)\c2=C/c2ccccc2[N+](=O)[O-])C(=O)c2ccccc21. The van der Waals surface area contributed by atoms with Gasteiger partial charge in [-0.25, -0.2) is 0 Å². The van der Waals surface area contributed by atoms with E-state index in [1.807, 2.05) is 0 Å². The van der Waals surface area contributed by atoms with E-state index in [4.69, 9.17) is 0 Å². The number of hydrogen-bond donors (Lipinski definition) is 2. The van der Waals surface area contributed by atoms with Gasteiger partial charge in [-0.3, -0.25) is 34.7 Å². The van der Waals surface area contributed by atoms with Crippen LogP contribution in [0.4, 0.5) is 11.4 Å². The molecule has 0 aliphatic carbocycles. The summed E-state index contributed by atoms with van der Waals surface area (Å²) in [6, 6.07) is 12.5. The first-order valence-corrected chi connectivity index (χ1v) is 8.58. The first-order valence-electron chi connectivity index (χ1n) is 8.58. The van der Waals surface area contributed by atoms with Crippen LogP contribution in [0.25, 0.3) is 11.6 Å². The lowest BCUT2D eigenvalue weighted by molar-refractivity contribution is -0.385. The minimum absolute atomic E-state index is 0.00972. The van der Waals surface area contributed by atoms with Crippen LogP contribution in [0, 0.1) is 10.1 Å². The summed E-state index contributed by atoms with van der Waals surface area (Å²) in [6.45, 7) is 0. The number of nitrogens with one attached hydrogen (secondary N) is 2. The number of nitro groups is 1. The van der Waals surface area contributed by atoms with Crippen LogP contribution >= 0.6 is 0 Å². The van der Waals surface area contributed by atoms with Crippen molar-refractivity contribution in [1.29, 1.82) is 0 Å². The normalized spacial score (nSPS) is 16.2. The summed E-state index contributed by atoms with van der Waals surface area (Å²) >= 11 is 0. The fraction of sp³-hybridized carbons (Fsp3) is 0.0500. The summed E-state index contributed by atoms with van der Waals surface area (Å²) in [5.74, 6) is -1.11. The highest BCUT2D eigenvalue weighted by atomic mass is 16.6. The van der Waals surface area contributed by atoms with Crippen LogP contribution in [0.3, 0.4) is 0 Å². The number of hydrogen-bond acceptors (Lipinski definition) is 5. The van der Waals surface area contributed by atoms with E-state index in [9.17, 15) is 24.5 Å². The van der Waals surface area contributed by atoms with Crippen molar-refractivity contribution >= 4 is 34.7 Å². The number of aromatic nitrogens is 2. The number of benzene rings is 2. The van der Waals surface area contributed by atoms with Crippen LogP contribution in [-0.2, 0) is 4.79 Å². The number of nitro benzene ring substituents is 1. The molecule has 9 heteroatoms. The maximum Gasteiger partial charge on any atom is 0.276 e. The highest BCUT2D eigenvalue weighted by molar-refractivity contribution is 6.51. The van der Waals surface area contributed by atoms with Crippen molar-refractivity contribution < 1.29 is 14.5 Å². The van der Waals surface area contributed by atoms with Gasteiger partial charge in [0, 0.05) is 18.7 Å². The van der Waals surface area contributed by atoms with Gasteiger partial charge in [0.25, 0.3) is 17.2 Å². The molecule has 0 saturated carbocycles. The van der Waals surface area contributed by atoms with Crippen LogP contribution < -0.4 is 21.0 Å². The lowest BCUT2D eigenvalue weighted by atomic mass is 9.95. The molecule has 1 aliphatic rings. The van der Waals surface area contributed by atoms with E-state index in [2.05, 4.69) is 10.2 Å². The second-order valence-electron chi connectivity index (χ2n) is 6.41. The largest absolute Gasteiger partial charge is 0.310 e. The number of Topliss-reactive ketones (excluding diaryl/α,β-unsaturated/α-hetero) is 1. The molecule has 2 aromatic carbocycles. The van der Waals surface area contributed by atoms with Crippen molar-refractivity contribution in [3.05, 3.63) is 90.7 Å². The summed E-state index contributed by atoms with van der Waals surface area (Å²) < 4.78 is 0. The van der Waals surface area contributed by atoms with E-state index in [1.165, 1.54) is 36.2 Å². The summed E-state index contributed by atoms with van der Waals surface area (Å²) in [5, 5.41) is 16.2. The van der Waals surface area contributed by atoms with Crippen molar-refractivity contribution in [2.24, 2.45) is 0 Å². The predicted octanol–water partition coefficient (Wildman–Crippen LogP) is 0.450. The molecule has 2 heterocycles. The highest BCUT2D eigenvalue weighted by Crippen LogP contribution is 2.28. The Bertz CT molecular complexity index is 1370. The fourth-order valence-electron chi connectivity index (χ4n) is 3.32. The smallest absolute Gasteiger partial charge is 0.276 e. The zero-order valence-electron chi connectivity index (χ0n) is 15.1. The number of para-hydroxylation sites is 2. The molecule has 0 bridgehead atoms. The number of nitrogens with zero attached hydrogens (tertiary/aromatic N) is 2. The summed E-state index contributed by atoms with van der Waals surface area (Å²) in [6.07, 6.45) is 1.29. The number of ketones is 1. The van der Waals surface area contributed by atoms with Crippen LogP contribution in [0.2, 0.25) is 0 Å². The standard InChI is InChI=1S/C20H14N4O5/c1-23-15-9-5-3-7-12(15)18(25)16(20(23)27)17-13(19(26)22-21-17)10-11-6-2-4-8-14(11)24(28)29/h2-10,21H,1H3,(H,22,26)/b13-10-,17-16-. The first-order chi connectivity index (χ1) is 13.9. The van der Waals surface area contributed by atoms with Gasteiger partial charge >= 0.3 is 0 Å². The van der Waals surface area contributed by atoms with Crippen LogP contribution in [0.1, 0.15) is 15.9 Å². The summed E-state index contributed by atoms with van der Waals surface area (Å²) in [7, 11) is 1.53. The maximum absolute atomic E-state index is 13.0. The van der Waals surface area contributed by atoms with Crippen molar-refractivity contribution in [3.63, 3.8) is 0 Å². The van der Waals surface area contributed by atoms with E-state index >= 15 is 0 Å². The Hall–Kier alpha value is -4.27. The molecule has 3 aromatic rings. The second kappa shape index (κ2) is 6.71. The third kappa shape index (κ3) is 2.85. The Morgan fingerprint density at radius 1 is 1.00 bits per heavy atom. The molecule has 2 N–H and O–H groups in total. The molecular weight excluding hydrogens is 376 g/mol. The zero-order valence-corrected chi connectivity index (χ0v) is 15.1. The molecule has 0 spiro atoms. The van der Waals surface area contributed by atoms with Crippen molar-refractivity contribution in [2.45, 2.75) is 0 Å². The number of amides is 1. The zero-order chi connectivity index (χ0) is 20.7. The van der Waals surface area contributed by atoms with Gasteiger partial charge in [-0.05, 0) is 24.3 Å². The molecule has 1 amide bonds. The molecule has 29 heavy (non-hydrogen) atoms. The number of rotatable bonds is 2. The number of carbonyl (C=O) groups is 2. The van der Waals surface area contributed by atoms with Crippen LogP contribution in [0.15, 0.2) is 53.3 Å². The topological polar surface area (TPSA) is 129 Å². The van der Waals surface area contributed by atoms with Crippen molar-refractivity contribution in [3.8, 4) is 0 Å². The van der Waals surface area contributed by atoms with E-state index in [0.717, 1.165) is 0 Å². The molecular formula is C20H14N4O5. The molecule has 0 atom stereocenters. The molecule has 0 unspecified atom stereocenters. The predicted molar refractivity (Wildman–Crippen MR) is 105 cm³/mol. The fourth-order valence-corrected chi connectivity index (χ4v) is 3.32. The van der Waals surface area contributed by atoms with Gasteiger partial charge in [0.1, 0.15) is 5.57 Å². The quantitative estimate of drug-likeness (QED) is 0.485. The molecule has 0 radical (unpaired) electrons. The number of fused-ring (bicyclic) bond motifs is 1. The minimum Gasteiger partial charge on any atom is -0.310 e. The number of anilines is 1. The van der Waals surface area contributed by atoms with Crippen molar-refractivity contribution in [1.82, 2.24) is 10.2 Å². The van der Waals surface area contributed by atoms with Gasteiger partial charge in [-0.15, -0.1) is 0 Å². The van der Waals surface area contributed by atoms with Crippen LogP contribution in [0.5, 0.6) is 0 Å². The van der Waals surface area contributed by atoms with Crippen molar-refractivity contribution in [2.75, 3.05) is 11.9 Å².